The van der Waals surface area contributed by atoms with E-state index in [4.69, 9.17) is 4.74 Å². The van der Waals surface area contributed by atoms with Crippen molar-refractivity contribution in [2.45, 2.75) is 13.5 Å². The topological polar surface area (TPSA) is 84.5 Å². The highest BCUT2D eigenvalue weighted by atomic mass is 16.5. The van der Waals surface area contributed by atoms with Gasteiger partial charge in [0.1, 0.15) is 12.4 Å². The lowest BCUT2D eigenvalue weighted by Gasteiger charge is -2.12. The molecular formula is C18H16N2O4. The van der Waals surface area contributed by atoms with Gasteiger partial charge in [-0.15, -0.1) is 0 Å². The predicted molar refractivity (Wildman–Crippen MR) is 88.0 cm³/mol. The Morgan fingerprint density at radius 2 is 1.92 bits per heavy atom. The van der Waals surface area contributed by atoms with E-state index in [-0.39, 0.29) is 24.8 Å². The van der Waals surface area contributed by atoms with E-state index in [1.54, 1.807) is 42.5 Å². The van der Waals surface area contributed by atoms with Gasteiger partial charge in [0.2, 0.25) is 11.8 Å². The van der Waals surface area contributed by atoms with Crippen LogP contribution in [0.4, 0.5) is 5.69 Å². The largest absolute Gasteiger partial charge is 0.488 e. The molecule has 6 heteroatoms. The second-order valence-corrected chi connectivity index (χ2v) is 5.41. The molecule has 24 heavy (non-hydrogen) atoms. The van der Waals surface area contributed by atoms with Crippen LogP contribution in [0.3, 0.4) is 0 Å². The molecule has 3 rings (SSSR count). The lowest BCUT2D eigenvalue weighted by atomic mass is 9.97. The lowest BCUT2D eigenvalue weighted by molar-refractivity contribution is -0.122. The van der Waals surface area contributed by atoms with E-state index >= 15 is 0 Å². The van der Waals surface area contributed by atoms with Gasteiger partial charge in [-0.05, 0) is 18.2 Å². The minimum absolute atomic E-state index is 0.153. The Morgan fingerprint density at radius 1 is 1.12 bits per heavy atom. The molecule has 0 radical (unpaired) electrons. The summed E-state index contributed by atoms with van der Waals surface area (Å²) in [4.78, 5) is 35.8. The third kappa shape index (κ3) is 3.12. The van der Waals surface area contributed by atoms with E-state index in [0.717, 1.165) is 0 Å². The standard InChI is InChI=1S/C18H16N2O4/c1-11(21)19-9-16(22)20-14-7-4-5-12-10-24-15-8-3-2-6-13(15)18(23)17(12)14/h2-8H,9-10H2,1H3,(H,19,21)(H,20,22). The van der Waals surface area contributed by atoms with Crippen LogP contribution in [0.15, 0.2) is 42.5 Å². The number of hydrogen-bond acceptors (Lipinski definition) is 4. The van der Waals surface area contributed by atoms with Crippen molar-refractivity contribution in [3.8, 4) is 5.75 Å². The maximum atomic E-state index is 12.9. The Bertz CT molecular complexity index is 830. The number of carbonyl (C=O) groups excluding carboxylic acids is 3. The molecule has 1 aliphatic rings. The summed E-state index contributed by atoms with van der Waals surface area (Å²) in [5, 5.41) is 5.11. The quantitative estimate of drug-likeness (QED) is 0.903. The van der Waals surface area contributed by atoms with Gasteiger partial charge in [0, 0.05) is 12.5 Å². The molecule has 2 aromatic rings. The van der Waals surface area contributed by atoms with Gasteiger partial charge in [-0.25, -0.2) is 0 Å². The van der Waals surface area contributed by atoms with Crippen molar-refractivity contribution in [3.05, 3.63) is 59.2 Å². The Labute approximate surface area is 138 Å². The molecule has 0 spiro atoms. The lowest BCUT2D eigenvalue weighted by Crippen LogP contribution is -2.31. The number of amides is 2. The fraction of sp³-hybridized carbons (Fsp3) is 0.167. The Balaban J connectivity index is 1.94. The van der Waals surface area contributed by atoms with Crippen LogP contribution in [0.2, 0.25) is 0 Å². The first-order valence-electron chi connectivity index (χ1n) is 7.49. The van der Waals surface area contributed by atoms with Crippen molar-refractivity contribution in [1.29, 1.82) is 0 Å². The summed E-state index contributed by atoms with van der Waals surface area (Å²) in [6.45, 7) is 1.42. The number of fused-ring (bicyclic) bond motifs is 2. The normalized spacial score (nSPS) is 12.3. The molecule has 1 heterocycles. The highest BCUT2D eigenvalue weighted by Gasteiger charge is 2.25. The van der Waals surface area contributed by atoms with E-state index in [1.165, 1.54) is 6.92 Å². The van der Waals surface area contributed by atoms with Gasteiger partial charge in [0.05, 0.1) is 23.4 Å². The zero-order chi connectivity index (χ0) is 17.1. The van der Waals surface area contributed by atoms with Crippen LogP contribution in [0.25, 0.3) is 0 Å². The minimum Gasteiger partial charge on any atom is -0.488 e. The second kappa shape index (κ2) is 6.54. The van der Waals surface area contributed by atoms with Gasteiger partial charge in [-0.1, -0.05) is 24.3 Å². The number of anilines is 1. The first-order valence-corrected chi connectivity index (χ1v) is 7.49. The van der Waals surface area contributed by atoms with Crippen molar-refractivity contribution in [2.24, 2.45) is 0 Å². The minimum atomic E-state index is -0.398. The molecular weight excluding hydrogens is 308 g/mol. The van der Waals surface area contributed by atoms with Crippen molar-refractivity contribution in [1.82, 2.24) is 5.32 Å². The molecule has 2 N–H and O–H groups in total. The summed E-state index contributed by atoms with van der Waals surface area (Å²) < 4.78 is 5.69. The Kier molecular flexibility index (Phi) is 4.29. The average Bonchev–Trinajstić information content (AvgIpc) is 2.71. The third-order valence-corrected chi connectivity index (χ3v) is 3.66. The molecule has 122 valence electrons. The third-order valence-electron chi connectivity index (χ3n) is 3.66. The predicted octanol–water partition coefficient (Wildman–Crippen LogP) is 1.88. The van der Waals surface area contributed by atoms with Crippen LogP contribution < -0.4 is 15.4 Å². The van der Waals surface area contributed by atoms with E-state index in [2.05, 4.69) is 10.6 Å². The number of nitrogens with one attached hydrogen (secondary N) is 2. The van der Waals surface area contributed by atoms with Gasteiger partial charge in [-0.2, -0.15) is 0 Å². The van der Waals surface area contributed by atoms with E-state index in [0.29, 0.717) is 28.1 Å². The van der Waals surface area contributed by atoms with Crippen LogP contribution in [0, 0.1) is 0 Å². The fourth-order valence-electron chi connectivity index (χ4n) is 2.56. The summed E-state index contributed by atoms with van der Waals surface area (Å²) in [7, 11) is 0. The smallest absolute Gasteiger partial charge is 0.243 e. The van der Waals surface area contributed by atoms with E-state index < -0.39 is 5.91 Å². The van der Waals surface area contributed by atoms with E-state index in [9.17, 15) is 14.4 Å². The highest BCUT2D eigenvalue weighted by molar-refractivity contribution is 6.16. The number of ether oxygens (including phenoxy) is 1. The van der Waals surface area contributed by atoms with E-state index in [1.807, 2.05) is 0 Å². The monoisotopic (exact) mass is 324 g/mol. The fourth-order valence-corrected chi connectivity index (χ4v) is 2.56. The average molecular weight is 324 g/mol. The van der Waals surface area contributed by atoms with Crippen LogP contribution >= 0.6 is 0 Å². The summed E-state index contributed by atoms with van der Waals surface area (Å²) in [5.41, 5.74) is 1.99. The molecule has 2 amide bonds. The van der Waals surface area contributed by atoms with Gasteiger partial charge in [0.15, 0.2) is 5.78 Å². The van der Waals surface area contributed by atoms with Crippen LogP contribution in [0.5, 0.6) is 5.75 Å². The summed E-state index contributed by atoms with van der Waals surface area (Å²) in [6, 6.07) is 12.2. The number of hydrogen-bond donors (Lipinski definition) is 2. The molecule has 0 aromatic heterocycles. The molecule has 0 unspecified atom stereocenters. The molecule has 2 aromatic carbocycles. The maximum Gasteiger partial charge on any atom is 0.243 e. The molecule has 0 saturated carbocycles. The van der Waals surface area contributed by atoms with Crippen molar-refractivity contribution < 1.29 is 19.1 Å². The number of rotatable bonds is 3. The number of para-hydroxylation sites is 1. The molecule has 0 atom stereocenters. The SMILES string of the molecule is CC(=O)NCC(=O)Nc1cccc2c1C(=O)c1ccccc1OC2. The second-order valence-electron chi connectivity index (χ2n) is 5.41. The van der Waals surface area contributed by atoms with Crippen LogP contribution in [-0.2, 0) is 16.2 Å². The van der Waals surface area contributed by atoms with Gasteiger partial charge in [0.25, 0.3) is 0 Å². The Morgan fingerprint density at radius 3 is 2.71 bits per heavy atom. The maximum absolute atomic E-state index is 12.9. The first kappa shape index (κ1) is 15.7. The molecule has 0 fully saturated rings. The molecule has 1 aliphatic heterocycles. The van der Waals surface area contributed by atoms with Crippen LogP contribution in [-0.4, -0.2) is 24.1 Å². The number of ketones is 1. The molecule has 6 nitrogen and oxygen atoms in total. The molecule has 0 aliphatic carbocycles. The Hall–Kier alpha value is -3.15. The van der Waals surface area contributed by atoms with Gasteiger partial charge in [-0.3, -0.25) is 14.4 Å². The highest BCUT2D eigenvalue weighted by Crippen LogP contribution is 2.32. The number of benzene rings is 2. The van der Waals surface area contributed by atoms with Gasteiger partial charge < -0.3 is 15.4 Å². The molecule has 0 saturated heterocycles. The summed E-state index contributed by atoms with van der Waals surface area (Å²) in [5.74, 6) is -0.372. The number of carbonyl (C=O) groups is 3. The molecule has 0 bridgehead atoms. The first-order chi connectivity index (χ1) is 11.6. The van der Waals surface area contributed by atoms with Crippen LogP contribution in [0.1, 0.15) is 28.4 Å². The van der Waals surface area contributed by atoms with Gasteiger partial charge >= 0.3 is 0 Å². The van der Waals surface area contributed by atoms with Crippen molar-refractivity contribution in [2.75, 3.05) is 11.9 Å². The van der Waals surface area contributed by atoms with Crippen molar-refractivity contribution >= 4 is 23.3 Å². The summed E-state index contributed by atoms with van der Waals surface area (Å²) in [6.07, 6.45) is 0. The zero-order valence-electron chi connectivity index (χ0n) is 13.1. The van der Waals surface area contributed by atoms with Crippen molar-refractivity contribution in [3.63, 3.8) is 0 Å². The summed E-state index contributed by atoms with van der Waals surface area (Å²) >= 11 is 0. The zero-order valence-corrected chi connectivity index (χ0v) is 13.1.